The monoisotopic (exact) mass is 242 g/mol. The van der Waals surface area contributed by atoms with Crippen molar-refractivity contribution in [1.29, 1.82) is 0 Å². The van der Waals surface area contributed by atoms with Crippen molar-refractivity contribution in [3.8, 4) is 0 Å². The second-order valence-corrected chi connectivity index (χ2v) is 0. The zero-order valence-corrected chi connectivity index (χ0v) is 9.01. The molecule has 0 spiro atoms. The van der Waals surface area contributed by atoms with Crippen LogP contribution in [0.4, 0.5) is 0 Å². The predicted octanol–water partition coefficient (Wildman–Crippen LogP) is -0.543. The van der Waals surface area contributed by atoms with Crippen LogP contribution >= 0.6 is 0 Å². The molecular weight excluding hydrogens is 227 g/mol. The fourth-order valence-electron chi connectivity index (χ4n) is 0. The summed E-state index contributed by atoms with van der Waals surface area (Å²) in [5.41, 5.74) is 0. The molecule has 8 heavy (non-hydrogen) atoms. The summed E-state index contributed by atoms with van der Waals surface area (Å²) in [6.45, 7) is 0. The van der Waals surface area contributed by atoms with Crippen LogP contribution in [0.15, 0.2) is 0 Å². The molecule has 8 heteroatoms. The smallest absolute Gasteiger partial charge is 0.187 e. The molecule has 0 rings (SSSR count). The van der Waals surface area contributed by atoms with Gasteiger partial charge < -0.3 is 24.6 Å². The fraction of sp³-hybridized carbons (Fsp3) is 0. The molecule has 50 valence electrons. The Morgan fingerprint density at radius 2 is 0.375 bits per heavy atom. The first-order valence-corrected chi connectivity index (χ1v) is 0. The van der Waals surface area contributed by atoms with E-state index >= 15 is 0 Å². The summed E-state index contributed by atoms with van der Waals surface area (Å²) in [4.78, 5) is 0. The summed E-state index contributed by atoms with van der Waals surface area (Å²) in [7, 11) is 0. The topological polar surface area (TPSA) is 140 Å². The minimum atomic E-state index is 0. The molecule has 0 unspecified atom stereocenters. The first kappa shape index (κ1) is 150. The van der Waals surface area contributed by atoms with Gasteiger partial charge in [-0.1, -0.05) is 0 Å². The zero-order valence-electron chi connectivity index (χ0n) is 4.33. The van der Waals surface area contributed by atoms with Gasteiger partial charge in [0.25, 0.3) is 0 Å². The molecular formula is H15AlN4Ti3. The van der Waals surface area contributed by atoms with E-state index < -0.39 is 0 Å². The molecule has 0 aliphatic rings. The third-order valence-corrected chi connectivity index (χ3v) is 0. The maximum absolute atomic E-state index is 0. The van der Waals surface area contributed by atoms with Crippen molar-refractivity contribution in [3.63, 3.8) is 0 Å². The van der Waals surface area contributed by atoms with Crippen molar-refractivity contribution in [2.75, 3.05) is 0 Å². The van der Waals surface area contributed by atoms with Gasteiger partial charge in [-0.2, -0.15) is 0 Å². The van der Waals surface area contributed by atoms with Crippen LogP contribution in [0.1, 0.15) is 0 Å². The SMILES string of the molecule is N.N.N.N.[AlH3].[Ti].[Ti].[Ti]. The van der Waals surface area contributed by atoms with E-state index in [1.54, 1.807) is 0 Å². The quantitative estimate of drug-likeness (QED) is 0.423. The van der Waals surface area contributed by atoms with E-state index in [2.05, 4.69) is 0 Å². The van der Waals surface area contributed by atoms with Gasteiger partial charge in [0.05, 0.1) is 0 Å². The minimum Gasteiger partial charge on any atom is -0.344 e. The van der Waals surface area contributed by atoms with Crippen molar-refractivity contribution in [3.05, 3.63) is 0 Å². The average molecular weight is 242 g/mol. The normalized spacial score (nSPS) is 0. The molecule has 0 aliphatic carbocycles. The summed E-state index contributed by atoms with van der Waals surface area (Å²) >= 11 is 0. The van der Waals surface area contributed by atoms with E-state index in [4.69, 9.17) is 0 Å². The molecule has 0 aromatic rings. The third kappa shape index (κ3) is 76.0. The largest absolute Gasteiger partial charge is 0.344 e. The maximum Gasteiger partial charge on any atom is 0.187 e. The van der Waals surface area contributed by atoms with E-state index in [0.717, 1.165) is 0 Å². The van der Waals surface area contributed by atoms with Gasteiger partial charge in [0, 0.05) is 65.2 Å². The second kappa shape index (κ2) is 109. The standard InChI is InChI=1S/Al.4H3N.3Ti.3H/h;4*1H3;;;;;;. The van der Waals surface area contributed by atoms with Gasteiger partial charge in [-0.05, 0) is 0 Å². The van der Waals surface area contributed by atoms with Gasteiger partial charge in [-0.25, -0.2) is 0 Å². The van der Waals surface area contributed by atoms with Crippen LogP contribution in [0.25, 0.3) is 0 Å². The second-order valence-electron chi connectivity index (χ2n) is 0. The summed E-state index contributed by atoms with van der Waals surface area (Å²) in [6, 6.07) is 0. The van der Waals surface area contributed by atoms with Crippen molar-refractivity contribution in [2.24, 2.45) is 0 Å². The summed E-state index contributed by atoms with van der Waals surface area (Å²) in [5, 5.41) is 0. The Bertz CT molecular complexity index is 11.2. The molecule has 0 aromatic carbocycles. The molecule has 0 amide bonds. The first-order chi connectivity index (χ1) is 0. The predicted molar refractivity (Wildman–Crippen MR) is 30.0 cm³/mol. The van der Waals surface area contributed by atoms with Gasteiger partial charge in [0.2, 0.25) is 0 Å². The Kier molecular flexibility index (Phi) is 2050. The molecule has 0 atom stereocenters. The number of hydrogen-bond donors (Lipinski definition) is 4. The summed E-state index contributed by atoms with van der Waals surface area (Å²) in [6.07, 6.45) is 0. The fourth-order valence-corrected chi connectivity index (χ4v) is 0. The molecule has 0 saturated heterocycles. The van der Waals surface area contributed by atoms with Crippen LogP contribution in [-0.2, 0) is 65.2 Å². The third-order valence-electron chi connectivity index (χ3n) is 0. The first-order valence-electron chi connectivity index (χ1n) is 0. The van der Waals surface area contributed by atoms with E-state index in [1.165, 1.54) is 0 Å². The van der Waals surface area contributed by atoms with Crippen molar-refractivity contribution < 1.29 is 65.2 Å². The Balaban J connectivity index is 0. The van der Waals surface area contributed by atoms with Crippen LogP contribution < -0.4 is 24.6 Å². The maximum atomic E-state index is 0. The Morgan fingerprint density at radius 1 is 0.375 bits per heavy atom. The molecule has 0 radical (unpaired) electrons. The Labute approximate surface area is 106 Å². The molecule has 4 nitrogen and oxygen atoms in total. The molecule has 0 aliphatic heterocycles. The van der Waals surface area contributed by atoms with Crippen LogP contribution in [0, 0.1) is 0 Å². The Hall–Kier alpha value is 2.52. The van der Waals surface area contributed by atoms with Crippen LogP contribution in [0.3, 0.4) is 0 Å². The molecule has 0 bridgehead atoms. The van der Waals surface area contributed by atoms with Gasteiger partial charge >= 0.3 is 0 Å². The van der Waals surface area contributed by atoms with Gasteiger partial charge in [-0.15, -0.1) is 0 Å². The van der Waals surface area contributed by atoms with E-state index in [-0.39, 0.29) is 107 Å². The van der Waals surface area contributed by atoms with E-state index in [1.807, 2.05) is 0 Å². The molecule has 0 fully saturated rings. The summed E-state index contributed by atoms with van der Waals surface area (Å²) in [5.74, 6) is 0. The molecule has 0 aromatic heterocycles. The average Bonchev–Trinajstić information content (AvgIpc) is 0. The van der Waals surface area contributed by atoms with Gasteiger partial charge in [0.1, 0.15) is 0 Å². The van der Waals surface area contributed by atoms with Crippen molar-refractivity contribution >= 4 is 17.4 Å². The Morgan fingerprint density at radius 3 is 0.375 bits per heavy atom. The van der Waals surface area contributed by atoms with Gasteiger partial charge in [-0.3, -0.25) is 0 Å². The van der Waals surface area contributed by atoms with Crippen LogP contribution in [0.2, 0.25) is 0 Å². The summed E-state index contributed by atoms with van der Waals surface area (Å²) < 4.78 is 0. The van der Waals surface area contributed by atoms with Crippen molar-refractivity contribution in [1.82, 2.24) is 24.6 Å². The van der Waals surface area contributed by atoms with Gasteiger partial charge in [0.15, 0.2) is 17.4 Å². The number of hydrogen-bond acceptors (Lipinski definition) is 4. The molecule has 0 saturated carbocycles. The zero-order chi connectivity index (χ0) is 0. The minimum absolute atomic E-state index is 0. The van der Waals surface area contributed by atoms with Crippen LogP contribution in [0.5, 0.6) is 0 Å². The molecule has 12 N–H and O–H groups in total. The van der Waals surface area contributed by atoms with E-state index in [0.29, 0.717) is 0 Å². The van der Waals surface area contributed by atoms with Crippen molar-refractivity contribution in [2.45, 2.75) is 0 Å². The van der Waals surface area contributed by atoms with E-state index in [9.17, 15) is 0 Å². The molecule has 0 heterocycles. The number of rotatable bonds is 0. The van der Waals surface area contributed by atoms with Crippen LogP contribution in [-0.4, -0.2) is 17.4 Å².